The van der Waals surface area contributed by atoms with Crippen molar-refractivity contribution in [3.05, 3.63) is 99.7 Å². The number of Topliss-reactive ketones (excluding diaryl/α,β-unsaturated/α-hetero) is 1. The van der Waals surface area contributed by atoms with Crippen molar-refractivity contribution in [1.29, 1.82) is 0 Å². The largest absolute Gasteiger partial charge is 0.456 e. The summed E-state index contributed by atoms with van der Waals surface area (Å²) in [6, 6.07) is 17.4. The normalized spacial score (nSPS) is 11.4. The van der Waals surface area contributed by atoms with Crippen LogP contribution in [0.2, 0.25) is 0 Å². The molecule has 0 saturated heterocycles. The molecule has 0 amide bonds. The van der Waals surface area contributed by atoms with E-state index in [0.717, 1.165) is 5.52 Å². The quantitative estimate of drug-likeness (QED) is 0.209. The van der Waals surface area contributed by atoms with E-state index in [0.29, 0.717) is 65.8 Å². The van der Waals surface area contributed by atoms with E-state index in [9.17, 15) is 14.0 Å². The SMILES string of the molecule is CC(=O)c1ccc(Oc2c(C)cc(F)cc2C)c(-c2cn(C)c(=O)c3sc(-c4nc5ccccc5o4)cc23)c1. The number of carbonyl (C=O) groups excluding carboxylic acids is 1. The van der Waals surface area contributed by atoms with Crippen LogP contribution in [0.5, 0.6) is 11.5 Å². The van der Waals surface area contributed by atoms with Gasteiger partial charge in [0.2, 0.25) is 5.89 Å². The molecule has 0 radical (unpaired) electrons. The zero-order valence-electron chi connectivity index (χ0n) is 21.7. The van der Waals surface area contributed by atoms with Gasteiger partial charge in [0.05, 0.1) is 4.88 Å². The fourth-order valence-corrected chi connectivity index (χ4v) is 5.83. The van der Waals surface area contributed by atoms with Gasteiger partial charge in [0.15, 0.2) is 11.4 Å². The maximum atomic E-state index is 14.0. The number of thiophene rings is 1. The molecule has 0 aliphatic rings. The molecular formula is C31H23FN2O4S. The summed E-state index contributed by atoms with van der Waals surface area (Å²) in [5.74, 6) is 1.00. The standard InChI is InChI=1S/C31H23FN2O4S/c1-16-11-20(32)12-17(2)28(16)37-25-10-9-19(18(3)35)13-21(25)23-15-34(4)31(36)29-22(23)14-27(39-29)30-33-24-7-5-6-8-26(24)38-30/h5-15H,1-4H3. The van der Waals surface area contributed by atoms with Crippen molar-refractivity contribution in [1.82, 2.24) is 9.55 Å². The zero-order chi connectivity index (χ0) is 27.4. The van der Waals surface area contributed by atoms with E-state index in [4.69, 9.17) is 9.15 Å². The predicted molar refractivity (Wildman–Crippen MR) is 151 cm³/mol. The number of para-hydroxylation sites is 2. The van der Waals surface area contributed by atoms with Gasteiger partial charge >= 0.3 is 0 Å². The number of oxazole rings is 1. The smallest absolute Gasteiger partial charge is 0.268 e. The van der Waals surface area contributed by atoms with Crippen molar-refractivity contribution in [2.75, 3.05) is 0 Å². The van der Waals surface area contributed by atoms with E-state index >= 15 is 0 Å². The molecule has 0 N–H and O–H groups in total. The van der Waals surface area contributed by atoms with Crippen LogP contribution in [0, 0.1) is 19.7 Å². The first-order valence-corrected chi connectivity index (χ1v) is 13.1. The van der Waals surface area contributed by atoms with E-state index in [1.54, 1.807) is 45.3 Å². The number of aromatic nitrogens is 2. The number of hydrogen-bond acceptors (Lipinski definition) is 6. The lowest BCUT2D eigenvalue weighted by Crippen LogP contribution is -2.15. The van der Waals surface area contributed by atoms with E-state index in [2.05, 4.69) is 4.98 Å². The van der Waals surface area contributed by atoms with Crippen LogP contribution in [-0.2, 0) is 7.05 Å². The van der Waals surface area contributed by atoms with Gasteiger partial charge in [-0.3, -0.25) is 9.59 Å². The maximum absolute atomic E-state index is 14.0. The second-order valence-corrected chi connectivity index (χ2v) is 10.6. The Labute approximate surface area is 226 Å². The highest BCUT2D eigenvalue weighted by molar-refractivity contribution is 7.22. The van der Waals surface area contributed by atoms with Gasteiger partial charge in [-0.1, -0.05) is 12.1 Å². The highest BCUT2D eigenvalue weighted by Gasteiger charge is 2.21. The number of ketones is 1. The Balaban J connectivity index is 1.58. The number of nitrogens with zero attached hydrogens (tertiary/aromatic N) is 2. The molecule has 3 heterocycles. The number of aryl methyl sites for hydroxylation is 3. The van der Waals surface area contributed by atoms with Crippen LogP contribution in [0.25, 0.3) is 43.1 Å². The molecule has 0 aliphatic carbocycles. The summed E-state index contributed by atoms with van der Waals surface area (Å²) >= 11 is 1.30. The van der Waals surface area contributed by atoms with Crippen LogP contribution in [0.3, 0.4) is 0 Å². The fraction of sp³-hybridized carbons (Fsp3) is 0.129. The molecule has 0 spiro atoms. The molecule has 0 aliphatic heterocycles. The fourth-order valence-electron chi connectivity index (χ4n) is 4.75. The van der Waals surface area contributed by atoms with Crippen LogP contribution in [0.1, 0.15) is 28.4 Å². The second kappa shape index (κ2) is 9.32. The second-order valence-electron chi connectivity index (χ2n) is 9.54. The van der Waals surface area contributed by atoms with Crippen LogP contribution >= 0.6 is 11.3 Å². The lowest BCUT2D eigenvalue weighted by Gasteiger charge is -2.17. The molecule has 6 rings (SSSR count). The van der Waals surface area contributed by atoms with Crippen molar-refractivity contribution < 1.29 is 18.3 Å². The van der Waals surface area contributed by atoms with Crippen LogP contribution < -0.4 is 10.3 Å². The van der Waals surface area contributed by atoms with E-state index in [1.807, 2.05) is 30.3 Å². The van der Waals surface area contributed by atoms with Gasteiger partial charge in [0, 0.05) is 35.3 Å². The molecule has 3 aromatic carbocycles. The van der Waals surface area contributed by atoms with E-state index < -0.39 is 0 Å². The van der Waals surface area contributed by atoms with Crippen LogP contribution in [-0.4, -0.2) is 15.3 Å². The highest BCUT2D eigenvalue weighted by atomic mass is 32.1. The molecule has 6 aromatic rings. The molecule has 6 nitrogen and oxygen atoms in total. The number of pyridine rings is 1. The van der Waals surface area contributed by atoms with E-state index in [1.165, 1.54) is 35.0 Å². The third-order valence-corrected chi connectivity index (χ3v) is 7.79. The first kappa shape index (κ1) is 24.8. The topological polar surface area (TPSA) is 74.3 Å². The van der Waals surface area contributed by atoms with Crippen molar-refractivity contribution in [3.8, 4) is 33.4 Å². The van der Waals surface area contributed by atoms with Gasteiger partial charge in [-0.05, 0) is 80.4 Å². The average Bonchev–Trinajstić information content (AvgIpc) is 3.53. The molecule has 39 heavy (non-hydrogen) atoms. The molecular weight excluding hydrogens is 515 g/mol. The molecule has 0 fully saturated rings. The predicted octanol–water partition coefficient (Wildman–Crippen LogP) is 7.83. The summed E-state index contributed by atoms with van der Waals surface area (Å²) in [7, 11) is 1.69. The van der Waals surface area contributed by atoms with Gasteiger partial charge in [-0.15, -0.1) is 11.3 Å². The number of rotatable bonds is 5. The van der Waals surface area contributed by atoms with Crippen molar-refractivity contribution in [3.63, 3.8) is 0 Å². The summed E-state index contributed by atoms with van der Waals surface area (Å²) < 4.78 is 28.4. The molecule has 194 valence electrons. The molecule has 0 saturated carbocycles. The Hall–Kier alpha value is -4.56. The molecule has 8 heteroatoms. The van der Waals surface area contributed by atoms with Crippen LogP contribution in [0.4, 0.5) is 4.39 Å². The highest BCUT2D eigenvalue weighted by Crippen LogP contribution is 2.42. The lowest BCUT2D eigenvalue weighted by atomic mass is 9.99. The summed E-state index contributed by atoms with van der Waals surface area (Å²) in [4.78, 5) is 30.9. The number of ether oxygens (including phenoxy) is 1. The Bertz CT molecular complexity index is 1940. The van der Waals surface area contributed by atoms with Crippen molar-refractivity contribution in [2.24, 2.45) is 7.05 Å². The molecule has 0 unspecified atom stereocenters. The minimum atomic E-state index is -0.339. The third-order valence-electron chi connectivity index (χ3n) is 6.68. The first-order valence-electron chi connectivity index (χ1n) is 12.3. The monoisotopic (exact) mass is 538 g/mol. The van der Waals surface area contributed by atoms with Gasteiger partial charge in [-0.25, -0.2) is 9.37 Å². The van der Waals surface area contributed by atoms with E-state index in [-0.39, 0.29) is 17.2 Å². The zero-order valence-corrected chi connectivity index (χ0v) is 22.5. The number of benzene rings is 3. The maximum Gasteiger partial charge on any atom is 0.268 e. The minimum absolute atomic E-state index is 0.101. The van der Waals surface area contributed by atoms with Crippen molar-refractivity contribution in [2.45, 2.75) is 20.8 Å². The average molecular weight is 539 g/mol. The number of hydrogen-bond donors (Lipinski definition) is 0. The summed E-state index contributed by atoms with van der Waals surface area (Å²) in [5.41, 5.74) is 4.37. The Morgan fingerprint density at radius 2 is 1.77 bits per heavy atom. The summed E-state index contributed by atoms with van der Waals surface area (Å²) in [6.45, 7) is 5.07. The number of fused-ring (bicyclic) bond motifs is 2. The summed E-state index contributed by atoms with van der Waals surface area (Å²) in [6.07, 6.45) is 1.74. The summed E-state index contributed by atoms with van der Waals surface area (Å²) in [5, 5.41) is 0.693. The van der Waals surface area contributed by atoms with Gasteiger partial charge in [0.25, 0.3) is 5.56 Å². The minimum Gasteiger partial charge on any atom is -0.456 e. The van der Waals surface area contributed by atoms with Gasteiger partial charge in [0.1, 0.15) is 27.5 Å². The van der Waals surface area contributed by atoms with Crippen molar-refractivity contribution >= 4 is 38.3 Å². The number of halogens is 1. The van der Waals surface area contributed by atoms with Gasteiger partial charge < -0.3 is 13.7 Å². The van der Waals surface area contributed by atoms with Gasteiger partial charge in [-0.2, -0.15) is 0 Å². The molecule has 0 bridgehead atoms. The third kappa shape index (κ3) is 4.32. The Kier molecular flexibility index (Phi) is 5.92. The molecule has 0 atom stereocenters. The number of carbonyl (C=O) groups is 1. The first-order chi connectivity index (χ1) is 18.7. The van der Waals surface area contributed by atoms with Crippen LogP contribution in [0.15, 0.2) is 76.1 Å². The Morgan fingerprint density at radius 1 is 1.03 bits per heavy atom. The molecule has 3 aromatic heterocycles. The Morgan fingerprint density at radius 3 is 2.49 bits per heavy atom. The lowest BCUT2D eigenvalue weighted by molar-refractivity contribution is 0.101.